The average molecular weight is 211 g/mol. The fourth-order valence-electron chi connectivity index (χ4n) is 1.42. The predicted octanol–water partition coefficient (Wildman–Crippen LogP) is 0.0393. The minimum Gasteiger partial charge on any atom is -0.379 e. The lowest BCUT2D eigenvalue weighted by molar-refractivity contribution is -0.121. The van der Waals surface area contributed by atoms with E-state index in [0.29, 0.717) is 24.6 Å². The Bertz CT molecular complexity index is 368. The number of aromatic nitrogens is 1. The Balaban J connectivity index is 2.03. The van der Waals surface area contributed by atoms with Crippen LogP contribution in [0.4, 0.5) is 5.88 Å². The van der Waals surface area contributed by atoms with E-state index in [4.69, 9.17) is 15.0 Å². The number of carbonyl (C=O) groups excluding carboxylic acids is 1. The number of carbonyl (C=O) groups is 1. The van der Waals surface area contributed by atoms with Crippen molar-refractivity contribution in [3.05, 3.63) is 11.8 Å². The van der Waals surface area contributed by atoms with Crippen LogP contribution < -0.4 is 11.1 Å². The molecule has 0 aliphatic carbocycles. The highest BCUT2D eigenvalue weighted by molar-refractivity contribution is 5.97. The molecule has 6 nitrogen and oxygen atoms in total. The van der Waals surface area contributed by atoms with Gasteiger partial charge in [0, 0.05) is 12.7 Å². The molecule has 0 spiro atoms. The van der Waals surface area contributed by atoms with E-state index in [1.165, 1.54) is 0 Å². The van der Waals surface area contributed by atoms with E-state index in [9.17, 15) is 4.79 Å². The van der Waals surface area contributed by atoms with Gasteiger partial charge in [0.05, 0.1) is 12.3 Å². The summed E-state index contributed by atoms with van der Waals surface area (Å²) in [7, 11) is 0. The van der Waals surface area contributed by atoms with Gasteiger partial charge in [0.15, 0.2) is 0 Å². The van der Waals surface area contributed by atoms with Crippen molar-refractivity contribution < 1.29 is 14.1 Å². The zero-order valence-corrected chi connectivity index (χ0v) is 8.45. The van der Waals surface area contributed by atoms with Gasteiger partial charge in [-0.1, -0.05) is 5.16 Å². The Labute approximate surface area is 86.7 Å². The molecule has 2 rings (SSSR count). The van der Waals surface area contributed by atoms with Gasteiger partial charge in [0.25, 0.3) is 0 Å². The highest BCUT2D eigenvalue weighted by atomic mass is 16.5. The molecule has 1 aliphatic rings. The van der Waals surface area contributed by atoms with Crippen molar-refractivity contribution in [2.75, 3.05) is 18.5 Å². The summed E-state index contributed by atoms with van der Waals surface area (Å²) < 4.78 is 9.95. The molecule has 1 aliphatic heterocycles. The van der Waals surface area contributed by atoms with Crippen molar-refractivity contribution in [2.45, 2.75) is 18.9 Å². The quantitative estimate of drug-likeness (QED) is 0.720. The van der Waals surface area contributed by atoms with Crippen molar-refractivity contribution in [3.63, 3.8) is 0 Å². The number of anilines is 1. The van der Waals surface area contributed by atoms with Crippen LogP contribution in [0.5, 0.6) is 0 Å². The summed E-state index contributed by atoms with van der Waals surface area (Å²) in [5, 5.41) is 6.23. The summed E-state index contributed by atoms with van der Waals surface area (Å²) in [6.45, 7) is 2.53. The van der Waals surface area contributed by atoms with Crippen molar-refractivity contribution in [2.24, 2.45) is 5.73 Å². The first-order valence-corrected chi connectivity index (χ1v) is 4.71. The van der Waals surface area contributed by atoms with Crippen molar-refractivity contribution in [1.82, 2.24) is 5.16 Å². The molecular weight excluding hydrogens is 198 g/mol. The molecule has 0 saturated carbocycles. The molecule has 0 bridgehead atoms. The van der Waals surface area contributed by atoms with Crippen LogP contribution in [0, 0.1) is 6.92 Å². The second kappa shape index (κ2) is 3.63. The molecule has 3 N–H and O–H groups in total. The molecule has 0 radical (unpaired) electrons. The number of aryl methyl sites for hydroxylation is 1. The Morgan fingerprint density at radius 1 is 1.73 bits per heavy atom. The Hall–Kier alpha value is -1.40. The standard InChI is InChI=1S/C9H13N3O3/c1-6-4-7(15-12-6)11-8(13)9(10)2-3-14-5-9/h4H,2-3,5,10H2,1H3,(H,11,13). The number of rotatable bonds is 2. The molecule has 1 saturated heterocycles. The van der Waals surface area contributed by atoms with E-state index in [1.807, 2.05) is 0 Å². The number of ether oxygens (including phenoxy) is 1. The van der Waals surface area contributed by atoms with Crippen molar-refractivity contribution >= 4 is 11.8 Å². The number of nitrogens with zero attached hydrogens (tertiary/aromatic N) is 1. The molecule has 0 aromatic carbocycles. The van der Waals surface area contributed by atoms with Gasteiger partial charge in [-0.3, -0.25) is 10.1 Å². The molecule has 1 atom stereocenters. The second-order valence-corrected chi connectivity index (χ2v) is 3.75. The molecule has 1 aromatic rings. The Kier molecular flexibility index (Phi) is 2.45. The molecule has 15 heavy (non-hydrogen) atoms. The van der Waals surface area contributed by atoms with Gasteiger partial charge in [0.1, 0.15) is 5.54 Å². The number of nitrogens with two attached hydrogens (primary N) is 1. The maximum absolute atomic E-state index is 11.7. The minimum atomic E-state index is -0.944. The molecular formula is C9H13N3O3. The SMILES string of the molecule is Cc1cc(NC(=O)C2(N)CCOC2)on1. The van der Waals surface area contributed by atoms with E-state index in [2.05, 4.69) is 10.5 Å². The summed E-state index contributed by atoms with van der Waals surface area (Å²) in [6, 6.07) is 1.64. The van der Waals surface area contributed by atoms with Gasteiger partial charge in [0.2, 0.25) is 11.8 Å². The maximum atomic E-state index is 11.7. The minimum absolute atomic E-state index is 0.242. The lowest BCUT2D eigenvalue weighted by Crippen LogP contribution is -2.51. The third kappa shape index (κ3) is 2.00. The molecule has 1 amide bonds. The molecule has 82 valence electrons. The van der Waals surface area contributed by atoms with Crippen LogP contribution in [-0.2, 0) is 9.53 Å². The maximum Gasteiger partial charge on any atom is 0.249 e. The molecule has 1 unspecified atom stereocenters. The summed E-state index contributed by atoms with van der Waals surface area (Å²) >= 11 is 0. The topological polar surface area (TPSA) is 90.4 Å². The first-order valence-electron chi connectivity index (χ1n) is 4.71. The third-order valence-corrected chi connectivity index (χ3v) is 2.37. The number of hydrogen-bond donors (Lipinski definition) is 2. The second-order valence-electron chi connectivity index (χ2n) is 3.75. The zero-order valence-electron chi connectivity index (χ0n) is 8.45. The van der Waals surface area contributed by atoms with E-state index >= 15 is 0 Å². The smallest absolute Gasteiger partial charge is 0.249 e. The van der Waals surface area contributed by atoms with Crippen LogP contribution in [0.2, 0.25) is 0 Å². The number of amides is 1. The van der Waals surface area contributed by atoms with Crippen molar-refractivity contribution in [1.29, 1.82) is 0 Å². The normalized spacial score (nSPS) is 25.5. The van der Waals surface area contributed by atoms with Crippen LogP contribution >= 0.6 is 0 Å². The van der Waals surface area contributed by atoms with E-state index in [-0.39, 0.29) is 12.5 Å². The first-order chi connectivity index (χ1) is 7.10. The van der Waals surface area contributed by atoms with Crippen LogP contribution in [0.3, 0.4) is 0 Å². The fraction of sp³-hybridized carbons (Fsp3) is 0.556. The zero-order chi connectivity index (χ0) is 10.9. The number of hydrogen-bond acceptors (Lipinski definition) is 5. The molecule has 1 aromatic heterocycles. The van der Waals surface area contributed by atoms with Crippen LogP contribution in [-0.4, -0.2) is 29.8 Å². The lowest BCUT2D eigenvalue weighted by Gasteiger charge is -2.19. The van der Waals surface area contributed by atoms with Crippen molar-refractivity contribution in [3.8, 4) is 0 Å². The summed E-state index contributed by atoms with van der Waals surface area (Å²) in [4.78, 5) is 11.7. The van der Waals surface area contributed by atoms with E-state index in [1.54, 1.807) is 13.0 Å². The van der Waals surface area contributed by atoms with E-state index in [0.717, 1.165) is 0 Å². The summed E-state index contributed by atoms with van der Waals surface area (Å²) in [5.41, 5.74) is 5.62. The third-order valence-electron chi connectivity index (χ3n) is 2.37. The largest absolute Gasteiger partial charge is 0.379 e. The Morgan fingerprint density at radius 2 is 2.53 bits per heavy atom. The van der Waals surface area contributed by atoms with Gasteiger partial charge in [-0.2, -0.15) is 0 Å². The highest BCUT2D eigenvalue weighted by Gasteiger charge is 2.38. The monoisotopic (exact) mass is 211 g/mol. The average Bonchev–Trinajstić information content (AvgIpc) is 2.76. The molecule has 2 heterocycles. The van der Waals surface area contributed by atoms with Crippen LogP contribution in [0.25, 0.3) is 0 Å². The summed E-state index contributed by atoms with van der Waals surface area (Å²) in [6.07, 6.45) is 0.520. The Morgan fingerprint density at radius 3 is 3.07 bits per heavy atom. The first kappa shape index (κ1) is 10.1. The van der Waals surface area contributed by atoms with Gasteiger partial charge in [-0.05, 0) is 13.3 Å². The highest BCUT2D eigenvalue weighted by Crippen LogP contribution is 2.18. The fourth-order valence-corrected chi connectivity index (χ4v) is 1.42. The van der Waals surface area contributed by atoms with E-state index < -0.39 is 5.54 Å². The number of nitrogens with one attached hydrogen (secondary N) is 1. The van der Waals surface area contributed by atoms with Gasteiger partial charge in [-0.15, -0.1) is 0 Å². The van der Waals surface area contributed by atoms with Gasteiger partial charge in [-0.25, -0.2) is 0 Å². The lowest BCUT2D eigenvalue weighted by atomic mass is 9.99. The van der Waals surface area contributed by atoms with Crippen LogP contribution in [0.15, 0.2) is 10.6 Å². The summed E-state index contributed by atoms with van der Waals surface area (Å²) in [5.74, 6) is 0.0189. The van der Waals surface area contributed by atoms with Crippen LogP contribution in [0.1, 0.15) is 12.1 Å². The molecule has 6 heteroatoms. The molecule has 1 fully saturated rings. The predicted molar refractivity (Wildman–Crippen MR) is 52.2 cm³/mol. The van der Waals surface area contributed by atoms with Gasteiger partial charge >= 0.3 is 0 Å². The van der Waals surface area contributed by atoms with Gasteiger partial charge < -0.3 is 15.0 Å².